The van der Waals surface area contributed by atoms with Crippen LogP contribution in [0.2, 0.25) is 0 Å². The highest BCUT2D eigenvalue weighted by molar-refractivity contribution is 5.82. The predicted octanol–water partition coefficient (Wildman–Crippen LogP) is 2.64. The zero-order valence-electron chi connectivity index (χ0n) is 11.4. The van der Waals surface area contributed by atoms with Gasteiger partial charge in [0, 0.05) is 19.8 Å². The maximum atomic E-state index is 5.62. The van der Waals surface area contributed by atoms with Gasteiger partial charge in [-0.1, -0.05) is 42.5 Å². The number of hydrogen-bond acceptors (Lipinski definition) is 3. The Hall–Kier alpha value is -1.42. The summed E-state index contributed by atoms with van der Waals surface area (Å²) in [5.41, 5.74) is 4.22. The van der Waals surface area contributed by atoms with Gasteiger partial charge in [-0.25, -0.2) is 0 Å². The fourth-order valence-electron chi connectivity index (χ4n) is 2.37. The largest absolute Gasteiger partial charge is 0.385 e. The van der Waals surface area contributed by atoms with Crippen LogP contribution in [0, 0.1) is 0 Å². The molecule has 19 heavy (non-hydrogen) atoms. The Morgan fingerprint density at radius 2 is 1.95 bits per heavy atom. The average Bonchev–Trinajstić information content (AvgIpc) is 2.46. The van der Waals surface area contributed by atoms with Gasteiger partial charge in [-0.2, -0.15) is 0 Å². The molecule has 0 aliphatic heterocycles. The molecule has 0 amide bonds. The smallest absolute Gasteiger partial charge is 0.0462 e. The summed E-state index contributed by atoms with van der Waals surface area (Å²) in [7, 11) is 1.73. The molecule has 0 saturated heterocycles. The van der Waals surface area contributed by atoms with Crippen molar-refractivity contribution in [2.45, 2.75) is 25.3 Å². The molecule has 0 bridgehead atoms. The molecule has 0 aliphatic rings. The van der Waals surface area contributed by atoms with Crippen LogP contribution in [0.3, 0.4) is 0 Å². The lowest BCUT2D eigenvalue weighted by Gasteiger charge is -2.16. The summed E-state index contributed by atoms with van der Waals surface area (Å²) in [6.07, 6.45) is 3.00. The molecule has 102 valence electrons. The van der Waals surface area contributed by atoms with Crippen LogP contribution in [-0.2, 0) is 11.2 Å². The number of benzene rings is 2. The third kappa shape index (κ3) is 4.03. The number of hydrazine groups is 1. The van der Waals surface area contributed by atoms with Crippen molar-refractivity contribution in [3.05, 3.63) is 48.0 Å². The Bertz CT molecular complexity index is 513. The van der Waals surface area contributed by atoms with Crippen molar-refractivity contribution in [3.8, 4) is 0 Å². The van der Waals surface area contributed by atoms with Gasteiger partial charge in [0.2, 0.25) is 0 Å². The fourth-order valence-corrected chi connectivity index (χ4v) is 2.37. The maximum Gasteiger partial charge on any atom is 0.0462 e. The lowest BCUT2D eigenvalue weighted by atomic mass is 9.99. The molecular formula is C16H22N2O. The van der Waals surface area contributed by atoms with E-state index < -0.39 is 0 Å². The maximum absolute atomic E-state index is 5.62. The zero-order chi connectivity index (χ0) is 13.5. The van der Waals surface area contributed by atoms with Crippen LogP contribution in [0.15, 0.2) is 42.5 Å². The van der Waals surface area contributed by atoms with Crippen LogP contribution in [0.25, 0.3) is 10.8 Å². The number of rotatable bonds is 7. The standard InChI is InChI=1S/C16H22N2O/c1-19-10-4-7-16(18-17)12-13-8-9-14-5-2-3-6-15(14)11-13/h2-3,5-6,8-9,11,16,18H,4,7,10,12,17H2,1H3. The first-order chi connectivity index (χ1) is 9.33. The third-order valence-electron chi connectivity index (χ3n) is 3.43. The van der Waals surface area contributed by atoms with Crippen LogP contribution in [-0.4, -0.2) is 19.8 Å². The van der Waals surface area contributed by atoms with Crippen molar-refractivity contribution in [3.63, 3.8) is 0 Å². The van der Waals surface area contributed by atoms with Crippen molar-refractivity contribution in [2.75, 3.05) is 13.7 Å². The highest BCUT2D eigenvalue weighted by atomic mass is 16.5. The highest BCUT2D eigenvalue weighted by Gasteiger charge is 2.07. The molecule has 0 fully saturated rings. The first-order valence-electron chi connectivity index (χ1n) is 6.76. The molecule has 3 N–H and O–H groups in total. The Morgan fingerprint density at radius 3 is 2.68 bits per heavy atom. The lowest BCUT2D eigenvalue weighted by Crippen LogP contribution is -2.36. The van der Waals surface area contributed by atoms with Crippen molar-refractivity contribution in [1.82, 2.24) is 5.43 Å². The average molecular weight is 258 g/mol. The van der Waals surface area contributed by atoms with E-state index >= 15 is 0 Å². The van der Waals surface area contributed by atoms with Crippen molar-refractivity contribution in [1.29, 1.82) is 0 Å². The summed E-state index contributed by atoms with van der Waals surface area (Å²) >= 11 is 0. The van der Waals surface area contributed by atoms with Crippen LogP contribution < -0.4 is 11.3 Å². The van der Waals surface area contributed by atoms with Gasteiger partial charge >= 0.3 is 0 Å². The monoisotopic (exact) mass is 258 g/mol. The summed E-state index contributed by atoms with van der Waals surface area (Å²) in [6, 6.07) is 15.3. The number of methoxy groups -OCH3 is 1. The quantitative estimate of drug-likeness (QED) is 0.456. The minimum atomic E-state index is 0.302. The molecule has 3 nitrogen and oxygen atoms in total. The van der Waals surface area contributed by atoms with E-state index in [9.17, 15) is 0 Å². The number of nitrogens with one attached hydrogen (secondary N) is 1. The van der Waals surface area contributed by atoms with E-state index in [1.807, 2.05) is 0 Å². The first-order valence-corrected chi connectivity index (χ1v) is 6.76. The second-order valence-corrected chi connectivity index (χ2v) is 4.88. The van der Waals surface area contributed by atoms with Gasteiger partial charge in [0.1, 0.15) is 0 Å². The van der Waals surface area contributed by atoms with Crippen LogP contribution in [0.1, 0.15) is 18.4 Å². The summed E-state index contributed by atoms with van der Waals surface area (Å²) in [6.45, 7) is 0.788. The predicted molar refractivity (Wildman–Crippen MR) is 79.9 cm³/mol. The Morgan fingerprint density at radius 1 is 1.16 bits per heavy atom. The van der Waals surface area contributed by atoms with Crippen molar-refractivity contribution >= 4 is 10.8 Å². The van der Waals surface area contributed by atoms with Gasteiger partial charge in [-0.05, 0) is 35.6 Å². The van der Waals surface area contributed by atoms with Gasteiger partial charge < -0.3 is 4.74 Å². The molecule has 0 saturated carbocycles. The molecule has 2 aromatic carbocycles. The molecule has 0 spiro atoms. The molecular weight excluding hydrogens is 236 g/mol. The molecule has 0 aromatic heterocycles. The SMILES string of the molecule is COCCCC(Cc1ccc2ccccc2c1)NN. The summed E-state index contributed by atoms with van der Waals surface area (Å²) in [5, 5.41) is 2.57. The van der Waals surface area contributed by atoms with Crippen molar-refractivity contribution in [2.24, 2.45) is 5.84 Å². The molecule has 0 radical (unpaired) electrons. The summed E-state index contributed by atoms with van der Waals surface area (Å²) in [5.74, 6) is 5.62. The molecule has 2 aromatic rings. The Balaban J connectivity index is 2.02. The summed E-state index contributed by atoms with van der Waals surface area (Å²) in [4.78, 5) is 0. The second kappa shape index (κ2) is 7.24. The number of fused-ring (bicyclic) bond motifs is 1. The molecule has 1 unspecified atom stereocenters. The lowest BCUT2D eigenvalue weighted by molar-refractivity contribution is 0.188. The molecule has 1 atom stereocenters. The molecule has 0 aliphatic carbocycles. The molecule has 0 heterocycles. The molecule has 2 rings (SSSR count). The number of nitrogens with two attached hydrogens (primary N) is 1. The van der Waals surface area contributed by atoms with Gasteiger partial charge in [0.25, 0.3) is 0 Å². The normalized spacial score (nSPS) is 12.7. The topological polar surface area (TPSA) is 47.3 Å². The summed E-state index contributed by atoms with van der Waals surface area (Å²) < 4.78 is 5.08. The second-order valence-electron chi connectivity index (χ2n) is 4.88. The van der Waals surface area contributed by atoms with Crippen LogP contribution in [0.5, 0.6) is 0 Å². The van der Waals surface area contributed by atoms with Gasteiger partial charge in [0.05, 0.1) is 0 Å². The van der Waals surface area contributed by atoms with E-state index in [0.717, 1.165) is 25.9 Å². The first kappa shape index (κ1) is 14.0. The zero-order valence-corrected chi connectivity index (χ0v) is 11.4. The van der Waals surface area contributed by atoms with E-state index in [0.29, 0.717) is 6.04 Å². The van der Waals surface area contributed by atoms with Crippen LogP contribution in [0.4, 0.5) is 0 Å². The highest BCUT2D eigenvalue weighted by Crippen LogP contribution is 2.17. The Kier molecular flexibility index (Phi) is 5.33. The molecule has 3 heteroatoms. The van der Waals surface area contributed by atoms with Gasteiger partial charge in [0.15, 0.2) is 0 Å². The van der Waals surface area contributed by atoms with E-state index in [1.165, 1.54) is 16.3 Å². The number of ether oxygens (including phenoxy) is 1. The minimum Gasteiger partial charge on any atom is -0.385 e. The van der Waals surface area contributed by atoms with Crippen molar-refractivity contribution < 1.29 is 4.74 Å². The Labute approximate surface area is 114 Å². The third-order valence-corrected chi connectivity index (χ3v) is 3.43. The van der Waals surface area contributed by atoms with E-state index in [-0.39, 0.29) is 0 Å². The van der Waals surface area contributed by atoms with Gasteiger partial charge in [-0.15, -0.1) is 0 Å². The number of hydrogen-bond donors (Lipinski definition) is 2. The minimum absolute atomic E-state index is 0.302. The van der Waals surface area contributed by atoms with Gasteiger partial charge in [-0.3, -0.25) is 11.3 Å². The van der Waals surface area contributed by atoms with Crippen LogP contribution >= 0.6 is 0 Å². The van der Waals surface area contributed by atoms with E-state index in [1.54, 1.807) is 7.11 Å². The fraction of sp³-hybridized carbons (Fsp3) is 0.375. The van der Waals surface area contributed by atoms with E-state index in [4.69, 9.17) is 10.6 Å². The van der Waals surface area contributed by atoms with E-state index in [2.05, 4.69) is 47.9 Å².